The lowest BCUT2D eigenvalue weighted by Gasteiger charge is -2.29. The van der Waals surface area contributed by atoms with Crippen LogP contribution in [0.25, 0.3) is 66.4 Å². The van der Waals surface area contributed by atoms with Crippen LogP contribution in [0.2, 0.25) is 0 Å². The molecule has 0 bridgehead atoms. The first-order valence-corrected chi connectivity index (χ1v) is 19.5. The van der Waals surface area contributed by atoms with Crippen molar-refractivity contribution in [2.75, 3.05) is 4.90 Å². The molecule has 0 atom stereocenters. The molecule has 0 N–H and O–H groups in total. The fourth-order valence-electron chi connectivity index (χ4n) is 8.86. The molecule has 0 heterocycles. The third-order valence-electron chi connectivity index (χ3n) is 11.7. The van der Waals surface area contributed by atoms with Gasteiger partial charge in [-0.15, -0.1) is 0 Å². The van der Waals surface area contributed by atoms with E-state index in [1.165, 1.54) is 77.5 Å². The summed E-state index contributed by atoms with van der Waals surface area (Å²) in [6, 6.07) is 77.6. The Morgan fingerprint density at radius 3 is 1.57 bits per heavy atom. The van der Waals surface area contributed by atoms with E-state index in [4.69, 9.17) is 0 Å². The third-order valence-corrected chi connectivity index (χ3v) is 11.7. The highest BCUT2D eigenvalue weighted by Crippen LogP contribution is 2.51. The van der Waals surface area contributed by atoms with Gasteiger partial charge in [0.25, 0.3) is 0 Å². The van der Waals surface area contributed by atoms with E-state index in [2.05, 4.69) is 231 Å². The molecule has 1 aliphatic carbocycles. The largest absolute Gasteiger partial charge is 0.310 e. The summed E-state index contributed by atoms with van der Waals surface area (Å²) in [7, 11) is 0. The van der Waals surface area contributed by atoms with Crippen LogP contribution in [0.3, 0.4) is 0 Å². The molecule has 9 aromatic carbocycles. The van der Waals surface area contributed by atoms with E-state index in [1.807, 2.05) is 0 Å². The van der Waals surface area contributed by atoms with Crippen molar-refractivity contribution >= 4 is 27.8 Å². The van der Waals surface area contributed by atoms with Crippen molar-refractivity contribution < 1.29 is 0 Å². The standard InChI is InChI=1S/C55H41N/c1-55(2)53-31-11-10-29-51(53)52-33-32-46(37-54(52)55)56(45-25-14-23-43(36-45)49-28-9-8-27-47(49)38-16-4-3-5-17-38)44-24-13-21-41(35-44)40-20-12-22-42(34-40)50-30-15-19-39-18-6-7-26-48(39)50/h3-37H,1-2H3. The first kappa shape index (κ1) is 33.6. The highest BCUT2D eigenvalue weighted by Gasteiger charge is 2.35. The van der Waals surface area contributed by atoms with Crippen LogP contribution >= 0.6 is 0 Å². The molecule has 9 aromatic rings. The predicted octanol–water partition coefficient (Wildman–Crippen LogP) is 15.3. The lowest BCUT2D eigenvalue weighted by atomic mass is 9.82. The molecule has 0 unspecified atom stereocenters. The molecule has 0 amide bonds. The molecule has 0 spiro atoms. The highest BCUT2D eigenvalue weighted by atomic mass is 15.1. The molecule has 0 aromatic heterocycles. The fraction of sp³-hybridized carbons (Fsp3) is 0.0545. The van der Waals surface area contributed by atoms with Crippen molar-refractivity contribution in [1.29, 1.82) is 0 Å². The second kappa shape index (κ2) is 13.7. The van der Waals surface area contributed by atoms with Crippen molar-refractivity contribution in [3.05, 3.63) is 223 Å². The van der Waals surface area contributed by atoms with Crippen LogP contribution in [0.4, 0.5) is 17.1 Å². The molecule has 0 saturated heterocycles. The van der Waals surface area contributed by atoms with Gasteiger partial charge < -0.3 is 4.90 Å². The molecule has 1 nitrogen and oxygen atoms in total. The van der Waals surface area contributed by atoms with Crippen molar-refractivity contribution in [3.63, 3.8) is 0 Å². The van der Waals surface area contributed by atoms with E-state index < -0.39 is 0 Å². The van der Waals surface area contributed by atoms with Gasteiger partial charge in [-0.1, -0.05) is 184 Å². The van der Waals surface area contributed by atoms with Gasteiger partial charge in [-0.25, -0.2) is 0 Å². The number of fused-ring (bicyclic) bond motifs is 4. The summed E-state index contributed by atoms with van der Waals surface area (Å²) in [5, 5.41) is 2.52. The van der Waals surface area contributed by atoms with Gasteiger partial charge in [-0.2, -0.15) is 0 Å². The normalized spacial score (nSPS) is 12.6. The van der Waals surface area contributed by atoms with Crippen LogP contribution in [-0.4, -0.2) is 0 Å². The first-order chi connectivity index (χ1) is 27.5. The summed E-state index contributed by atoms with van der Waals surface area (Å²) in [5.74, 6) is 0. The molecule has 10 rings (SSSR count). The molecular formula is C55H41N. The van der Waals surface area contributed by atoms with Gasteiger partial charge in [0.05, 0.1) is 0 Å². The van der Waals surface area contributed by atoms with E-state index in [9.17, 15) is 0 Å². The maximum atomic E-state index is 2.44. The van der Waals surface area contributed by atoms with Crippen LogP contribution in [0.15, 0.2) is 212 Å². The van der Waals surface area contributed by atoms with Gasteiger partial charge in [-0.05, 0) is 120 Å². The van der Waals surface area contributed by atoms with Gasteiger partial charge in [0, 0.05) is 22.5 Å². The molecule has 1 aliphatic rings. The minimum absolute atomic E-state index is 0.117. The Morgan fingerprint density at radius 2 is 0.786 bits per heavy atom. The fourth-order valence-corrected chi connectivity index (χ4v) is 8.86. The Labute approximate surface area is 329 Å². The number of anilines is 3. The molecule has 0 saturated carbocycles. The summed E-state index contributed by atoms with van der Waals surface area (Å²) in [6.45, 7) is 4.72. The monoisotopic (exact) mass is 715 g/mol. The van der Waals surface area contributed by atoms with Gasteiger partial charge >= 0.3 is 0 Å². The molecule has 1 heteroatoms. The van der Waals surface area contributed by atoms with E-state index in [0.717, 1.165) is 17.1 Å². The summed E-state index contributed by atoms with van der Waals surface area (Å²) in [5.41, 5.74) is 18.3. The summed E-state index contributed by atoms with van der Waals surface area (Å²) < 4.78 is 0. The topological polar surface area (TPSA) is 3.24 Å². The summed E-state index contributed by atoms with van der Waals surface area (Å²) in [4.78, 5) is 2.44. The zero-order valence-corrected chi connectivity index (χ0v) is 31.7. The Balaban J connectivity index is 1.12. The van der Waals surface area contributed by atoms with E-state index in [-0.39, 0.29) is 5.41 Å². The number of hydrogen-bond acceptors (Lipinski definition) is 1. The molecular weight excluding hydrogens is 675 g/mol. The minimum Gasteiger partial charge on any atom is -0.310 e. The zero-order chi connectivity index (χ0) is 37.6. The van der Waals surface area contributed by atoms with Gasteiger partial charge in [0.1, 0.15) is 0 Å². The number of rotatable bonds is 7. The summed E-state index contributed by atoms with van der Waals surface area (Å²) >= 11 is 0. The lowest BCUT2D eigenvalue weighted by Crippen LogP contribution is -2.16. The van der Waals surface area contributed by atoms with Crippen LogP contribution in [0, 0.1) is 0 Å². The smallest absolute Gasteiger partial charge is 0.0467 e. The molecule has 266 valence electrons. The molecule has 0 aliphatic heterocycles. The van der Waals surface area contributed by atoms with Gasteiger partial charge in [0.2, 0.25) is 0 Å². The van der Waals surface area contributed by atoms with Crippen molar-refractivity contribution in [2.45, 2.75) is 19.3 Å². The third kappa shape index (κ3) is 5.81. The maximum absolute atomic E-state index is 2.44. The van der Waals surface area contributed by atoms with Crippen molar-refractivity contribution in [2.24, 2.45) is 0 Å². The second-order valence-corrected chi connectivity index (χ2v) is 15.4. The van der Waals surface area contributed by atoms with E-state index in [0.29, 0.717) is 0 Å². The van der Waals surface area contributed by atoms with Crippen molar-refractivity contribution in [3.8, 4) is 55.6 Å². The van der Waals surface area contributed by atoms with Crippen LogP contribution in [0.1, 0.15) is 25.0 Å². The molecule has 56 heavy (non-hydrogen) atoms. The molecule has 0 radical (unpaired) electrons. The van der Waals surface area contributed by atoms with E-state index in [1.54, 1.807) is 0 Å². The SMILES string of the molecule is CC1(C)c2ccccc2-c2ccc(N(c3cccc(-c4cccc(-c5cccc6ccccc56)c4)c3)c3cccc(-c4ccccc4-c4ccccc4)c3)cc21. The number of nitrogens with zero attached hydrogens (tertiary/aromatic N) is 1. The average molecular weight is 716 g/mol. The zero-order valence-electron chi connectivity index (χ0n) is 31.7. The molecule has 0 fully saturated rings. The Kier molecular flexibility index (Phi) is 8.23. The van der Waals surface area contributed by atoms with Crippen LogP contribution in [-0.2, 0) is 5.41 Å². The minimum atomic E-state index is -0.117. The first-order valence-electron chi connectivity index (χ1n) is 19.5. The number of hydrogen-bond donors (Lipinski definition) is 0. The highest BCUT2D eigenvalue weighted by molar-refractivity contribution is 5.97. The average Bonchev–Trinajstić information content (AvgIpc) is 3.49. The van der Waals surface area contributed by atoms with Crippen LogP contribution in [0.5, 0.6) is 0 Å². The van der Waals surface area contributed by atoms with Gasteiger partial charge in [-0.3, -0.25) is 0 Å². The van der Waals surface area contributed by atoms with E-state index >= 15 is 0 Å². The Bertz CT molecular complexity index is 2890. The summed E-state index contributed by atoms with van der Waals surface area (Å²) in [6.07, 6.45) is 0. The Morgan fingerprint density at radius 1 is 0.304 bits per heavy atom. The van der Waals surface area contributed by atoms with Crippen molar-refractivity contribution in [1.82, 2.24) is 0 Å². The quantitative estimate of drug-likeness (QED) is 0.159. The lowest BCUT2D eigenvalue weighted by molar-refractivity contribution is 0.660. The van der Waals surface area contributed by atoms with Gasteiger partial charge in [0.15, 0.2) is 0 Å². The second-order valence-electron chi connectivity index (χ2n) is 15.4. The number of benzene rings is 9. The van der Waals surface area contributed by atoms with Crippen LogP contribution < -0.4 is 4.90 Å². The Hall–Kier alpha value is -6.96. The maximum Gasteiger partial charge on any atom is 0.0467 e. The predicted molar refractivity (Wildman–Crippen MR) is 238 cm³/mol.